The van der Waals surface area contributed by atoms with Gasteiger partial charge in [-0.25, -0.2) is 4.79 Å². The van der Waals surface area contributed by atoms with Crippen LogP contribution in [0.5, 0.6) is 0 Å². The number of esters is 2. The summed E-state index contributed by atoms with van der Waals surface area (Å²) in [6, 6.07) is 13.3. The Kier molecular flexibility index (Phi) is 6.25. The zero-order valence-corrected chi connectivity index (χ0v) is 19.5. The maximum Gasteiger partial charge on any atom is 0.349 e. The first-order chi connectivity index (χ1) is 16.6. The summed E-state index contributed by atoms with van der Waals surface area (Å²) in [6.07, 6.45) is -4.08. The van der Waals surface area contributed by atoms with Crippen LogP contribution >= 0.6 is 11.6 Å². The van der Waals surface area contributed by atoms with E-state index in [1.54, 1.807) is 48.5 Å². The van der Waals surface area contributed by atoms with E-state index < -0.39 is 41.7 Å². The van der Waals surface area contributed by atoms with E-state index in [1.165, 1.54) is 9.80 Å². The van der Waals surface area contributed by atoms with Crippen LogP contribution < -0.4 is 0 Å². The molecule has 0 unspecified atom stereocenters. The second kappa shape index (κ2) is 9.03. The van der Waals surface area contributed by atoms with Crippen LogP contribution in [0.25, 0.3) is 0 Å². The Bertz CT molecular complexity index is 1230. The molecule has 10 nitrogen and oxygen atoms in total. The number of hydrogen-bond acceptors (Lipinski definition) is 7. The number of carbonyl (C=O) groups excluding carboxylic acids is 4. The average molecular weight is 501 g/mol. The van der Waals surface area contributed by atoms with E-state index in [1.807, 2.05) is 0 Å². The van der Waals surface area contributed by atoms with Crippen molar-refractivity contribution in [3.63, 3.8) is 0 Å². The fraction of sp³-hybridized carbons (Fsp3) is 0.292. The van der Waals surface area contributed by atoms with Gasteiger partial charge in [0.1, 0.15) is 0 Å². The number of aliphatic carboxylic acids is 1. The van der Waals surface area contributed by atoms with Gasteiger partial charge in [-0.2, -0.15) is 0 Å². The van der Waals surface area contributed by atoms with Crippen LogP contribution in [0.4, 0.5) is 0 Å². The van der Waals surface area contributed by atoms with Crippen molar-refractivity contribution >= 4 is 41.3 Å². The van der Waals surface area contributed by atoms with Gasteiger partial charge in [0, 0.05) is 48.6 Å². The first-order valence-electron chi connectivity index (χ1n) is 10.6. The van der Waals surface area contributed by atoms with Crippen LogP contribution in [0.2, 0.25) is 5.02 Å². The molecule has 0 saturated carbocycles. The van der Waals surface area contributed by atoms with Gasteiger partial charge in [0.05, 0.1) is 0 Å². The average Bonchev–Trinajstić information content (AvgIpc) is 3.31. The first kappa shape index (κ1) is 24.2. The normalized spacial score (nSPS) is 20.0. The third-order valence-electron chi connectivity index (χ3n) is 5.97. The Morgan fingerprint density at radius 3 is 2.14 bits per heavy atom. The Morgan fingerprint density at radius 2 is 1.54 bits per heavy atom. The fourth-order valence-electron chi connectivity index (χ4n) is 4.74. The number of amides is 2. The van der Waals surface area contributed by atoms with Crippen molar-refractivity contribution in [3.8, 4) is 0 Å². The van der Waals surface area contributed by atoms with Gasteiger partial charge in [-0.3, -0.25) is 19.2 Å². The molecule has 1 fully saturated rings. The third kappa shape index (κ3) is 3.89. The number of ether oxygens (including phenoxy) is 2. The number of carbonyl (C=O) groups is 5. The number of nitrogens with zero attached hydrogens (tertiary/aromatic N) is 2. The van der Waals surface area contributed by atoms with Crippen LogP contribution in [0.1, 0.15) is 35.3 Å². The second-order valence-electron chi connectivity index (χ2n) is 8.07. The summed E-state index contributed by atoms with van der Waals surface area (Å²) < 4.78 is 9.95. The minimum Gasteiger partial charge on any atom is -0.478 e. The molecule has 1 saturated heterocycles. The third-order valence-corrected chi connectivity index (χ3v) is 6.22. The van der Waals surface area contributed by atoms with Gasteiger partial charge in [0.15, 0.2) is 5.66 Å². The molecule has 182 valence electrons. The number of fused-ring (bicyclic) bond motifs is 3. The van der Waals surface area contributed by atoms with E-state index in [9.17, 15) is 29.1 Å². The SMILES string of the molecule is CC(=O)O[C@H](C(=O)O)[C@H](OC(C)=O)C(=O)N1CCN2C(=O)c3ccccc3[C@@]21c1ccc(Cl)cc1. The molecule has 2 heterocycles. The number of carboxylic acids is 1. The summed E-state index contributed by atoms with van der Waals surface area (Å²) in [6.45, 7) is 2.11. The molecule has 4 rings (SSSR count). The zero-order chi connectivity index (χ0) is 25.5. The van der Waals surface area contributed by atoms with E-state index in [2.05, 4.69) is 0 Å². The van der Waals surface area contributed by atoms with E-state index >= 15 is 0 Å². The molecular formula is C24H21ClN2O8. The molecule has 11 heteroatoms. The summed E-state index contributed by atoms with van der Waals surface area (Å²) in [5.41, 5.74) is -0.0580. The Morgan fingerprint density at radius 1 is 0.943 bits per heavy atom. The number of hydrogen-bond donors (Lipinski definition) is 1. The highest BCUT2D eigenvalue weighted by Gasteiger charge is 2.61. The topological polar surface area (TPSA) is 131 Å². The molecule has 2 aliphatic heterocycles. The smallest absolute Gasteiger partial charge is 0.349 e. The Balaban J connectivity index is 1.90. The van der Waals surface area contributed by atoms with Crippen LogP contribution in [0.3, 0.4) is 0 Å². The van der Waals surface area contributed by atoms with Crippen molar-refractivity contribution in [2.45, 2.75) is 31.7 Å². The standard InChI is InChI=1S/C24H21ClN2O8/c1-13(28)34-19(20(23(32)33)35-14(2)29)22(31)27-12-11-26-21(30)17-5-3-4-6-18(17)24(26,27)15-7-9-16(25)10-8-15/h3-10,19-20H,11-12H2,1-2H3,(H,32,33)/t19-,20-,24-/m0/s1. The maximum atomic E-state index is 13.9. The molecule has 0 aromatic heterocycles. The Hall–Kier alpha value is -3.92. The van der Waals surface area contributed by atoms with Gasteiger partial charge < -0.3 is 24.4 Å². The molecular weight excluding hydrogens is 480 g/mol. The molecule has 0 radical (unpaired) electrons. The number of carboxylic acid groups (broad SMARTS) is 1. The van der Waals surface area contributed by atoms with Crippen LogP contribution in [-0.4, -0.2) is 69.9 Å². The summed E-state index contributed by atoms with van der Waals surface area (Å²) in [4.78, 5) is 65.4. The van der Waals surface area contributed by atoms with Crippen molar-refractivity contribution in [2.24, 2.45) is 0 Å². The number of benzene rings is 2. The second-order valence-corrected chi connectivity index (χ2v) is 8.51. The van der Waals surface area contributed by atoms with Gasteiger partial charge in [-0.1, -0.05) is 41.9 Å². The predicted octanol–water partition coefficient (Wildman–Crippen LogP) is 1.79. The monoisotopic (exact) mass is 500 g/mol. The summed E-state index contributed by atoms with van der Waals surface area (Å²) in [5, 5.41) is 10.1. The highest BCUT2D eigenvalue weighted by molar-refractivity contribution is 6.30. The van der Waals surface area contributed by atoms with E-state index in [-0.39, 0.29) is 19.0 Å². The lowest BCUT2D eigenvalue weighted by atomic mass is 9.89. The molecule has 1 N–H and O–H groups in total. The van der Waals surface area contributed by atoms with E-state index in [0.29, 0.717) is 21.7 Å². The highest BCUT2D eigenvalue weighted by atomic mass is 35.5. The first-order valence-corrected chi connectivity index (χ1v) is 11.0. The van der Waals surface area contributed by atoms with Crippen LogP contribution in [0.15, 0.2) is 48.5 Å². The van der Waals surface area contributed by atoms with Gasteiger partial charge in [-0.05, 0) is 18.2 Å². The minimum atomic E-state index is -2.09. The van der Waals surface area contributed by atoms with Crippen molar-refractivity contribution in [2.75, 3.05) is 13.1 Å². The number of rotatable bonds is 6. The molecule has 0 aliphatic carbocycles. The largest absolute Gasteiger partial charge is 0.478 e. The zero-order valence-electron chi connectivity index (χ0n) is 18.8. The van der Waals surface area contributed by atoms with Crippen molar-refractivity contribution in [3.05, 3.63) is 70.2 Å². The maximum absolute atomic E-state index is 13.9. The quantitative estimate of drug-likeness (QED) is 0.594. The van der Waals surface area contributed by atoms with Crippen molar-refractivity contribution < 1.29 is 38.6 Å². The lowest BCUT2D eigenvalue weighted by molar-refractivity contribution is -0.185. The summed E-state index contributed by atoms with van der Waals surface area (Å²) >= 11 is 6.09. The minimum absolute atomic E-state index is 0.00566. The predicted molar refractivity (Wildman–Crippen MR) is 120 cm³/mol. The molecule has 0 bridgehead atoms. The molecule has 2 amide bonds. The molecule has 2 aromatic carbocycles. The van der Waals surface area contributed by atoms with Crippen LogP contribution in [-0.2, 0) is 34.3 Å². The highest BCUT2D eigenvalue weighted by Crippen LogP contribution is 2.50. The fourth-order valence-corrected chi connectivity index (χ4v) is 4.87. The van der Waals surface area contributed by atoms with Crippen molar-refractivity contribution in [1.29, 1.82) is 0 Å². The molecule has 3 atom stereocenters. The molecule has 0 spiro atoms. The van der Waals surface area contributed by atoms with Crippen molar-refractivity contribution in [1.82, 2.24) is 9.80 Å². The van der Waals surface area contributed by atoms with Gasteiger partial charge in [-0.15, -0.1) is 0 Å². The summed E-state index contributed by atoms with van der Waals surface area (Å²) in [5.74, 6) is -4.83. The van der Waals surface area contributed by atoms with E-state index in [0.717, 1.165) is 13.8 Å². The Labute approximate surface area is 205 Å². The molecule has 2 aliphatic rings. The molecule has 2 aromatic rings. The van der Waals surface area contributed by atoms with Gasteiger partial charge >= 0.3 is 17.9 Å². The number of halogens is 1. The lowest BCUT2D eigenvalue weighted by Crippen LogP contribution is -2.58. The van der Waals surface area contributed by atoms with E-state index in [4.69, 9.17) is 21.1 Å². The van der Waals surface area contributed by atoms with Crippen LogP contribution in [0, 0.1) is 0 Å². The lowest BCUT2D eigenvalue weighted by Gasteiger charge is -2.41. The van der Waals surface area contributed by atoms with Gasteiger partial charge in [0.25, 0.3) is 11.8 Å². The molecule has 35 heavy (non-hydrogen) atoms. The summed E-state index contributed by atoms with van der Waals surface area (Å²) in [7, 11) is 0. The van der Waals surface area contributed by atoms with Gasteiger partial charge in [0.2, 0.25) is 12.2 Å².